The minimum absolute atomic E-state index is 0.0460. The van der Waals surface area contributed by atoms with Gasteiger partial charge in [0.2, 0.25) is 11.2 Å². The number of anilines is 2. The molecule has 12 heteroatoms. The molecule has 32 heavy (non-hydrogen) atoms. The van der Waals surface area contributed by atoms with Crippen LogP contribution in [0, 0.1) is 11.3 Å². The molecule has 0 saturated heterocycles. The van der Waals surface area contributed by atoms with E-state index in [0.717, 1.165) is 18.2 Å². The lowest BCUT2D eigenvalue weighted by molar-refractivity contribution is -0.137. The number of benzene rings is 2. The van der Waals surface area contributed by atoms with Crippen LogP contribution in [0.2, 0.25) is 5.28 Å². The first-order valence-corrected chi connectivity index (χ1v) is 9.11. The van der Waals surface area contributed by atoms with Crippen molar-refractivity contribution < 1.29 is 22.3 Å². The molecule has 2 heterocycles. The van der Waals surface area contributed by atoms with Crippen molar-refractivity contribution in [3.05, 3.63) is 75.4 Å². The zero-order valence-electron chi connectivity index (χ0n) is 15.6. The number of nitriles is 1. The van der Waals surface area contributed by atoms with Gasteiger partial charge in [-0.05, 0) is 41.9 Å². The third-order valence-corrected chi connectivity index (χ3v) is 4.27. The van der Waals surface area contributed by atoms with Crippen LogP contribution in [0.1, 0.15) is 11.1 Å². The second-order valence-corrected chi connectivity index (χ2v) is 6.57. The lowest BCUT2D eigenvalue weighted by Crippen LogP contribution is -2.09. The standard InChI is InChI=1S/C20H9ClF3N5O3/c21-17-27-18(26-11-6-5-10(9-25)13(7-11)20(22,23)24)29-19(28-17)32-15-8-16(30)31-14-4-2-1-3-12(14)15/h1-8H,(H,26,27,28,29). The van der Waals surface area contributed by atoms with Crippen LogP contribution < -0.4 is 15.7 Å². The van der Waals surface area contributed by atoms with Crippen LogP contribution in [0.5, 0.6) is 11.8 Å². The molecule has 0 unspecified atom stereocenters. The molecule has 0 aliphatic rings. The summed E-state index contributed by atoms with van der Waals surface area (Å²) in [6.45, 7) is 0. The second kappa shape index (κ2) is 8.16. The first-order valence-electron chi connectivity index (χ1n) is 8.73. The van der Waals surface area contributed by atoms with Crippen LogP contribution in [0.15, 0.2) is 57.7 Å². The highest BCUT2D eigenvalue weighted by Crippen LogP contribution is 2.34. The number of ether oxygens (including phenoxy) is 1. The van der Waals surface area contributed by atoms with E-state index in [1.807, 2.05) is 0 Å². The Labute approximate surface area is 181 Å². The summed E-state index contributed by atoms with van der Waals surface area (Å²) in [4.78, 5) is 23.4. The Morgan fingerprint density at radius 2 is 1.88 bits per heavy atom. The van der Waals surface area contributed by atoms with Gasteiger partial charge in [-0.2, -0.15) is 33.4 Å². The van der Waals surface area contributed by atoms with E-state index in [0.29, 0.717) is 5.39 Å². The molecular weight excluding hydrogens is 451 g/mol. The fraction of sp³-hybridized carbons (Fsp3) is 0.0500. The van der Waals surface area contributed by atoms with Gasteiger partial charge in [0.1, 0.15) is 11.3 Å². The Balaban J connectivity index is 1.68. The molecule has 0 aliphatic carbocycles. The smallest absolute Gasteiger partial charge is 0.417 e. The molecule has 160 valence electrons. The number of hydrogen-bond acceptors (Lipinski definition) is 8. The van der Waals surface area contributed by atoms with Gasteiger partial charge in [-0.15, -0.1) is 0 Å². The summed E-state index contributed by atoms with van der Waals surface area (Å²) in [5.41, 5.74) is -2.10. The zero-order chi connectivity index (χ0) is 22.9. The predicted octanol–water partition coefficient (Wildman–Crippen LogP) is 5.06. The summed E-state index contributed by atoms with van der Waals surface area (Å²) in [5, 5.41) is 11.6. The van der Waals surface area contributed by atoms with Crippen LogP contribution in [0.4, 0.5) is 24.8 Å². The highest BCUT2D eigenvalue weighted by atomic mass is 35.5. The molecule has 0 saturated carbocycles. The van der Waals surface area contributed by atoms with E-state index < -0.39 is 22.9 Å². The van der Waals surface area contributed by atoms with Crippen LogP contribution in [0.3, 0.4) is 0 Å². The van der Waals surface area contributed by atoms with Crippen LogP contribution in [0.25, 0.3) is 11.0 Å². The van der Waals surface area contributed by atoms with Crippen molar-refractivity contribution in [3.63, 3.8) is 0 Å². The number of aromatic nitrogens is 3. The molecule has 8 nitrogen and oxygen atoms in total. The van der Waals surface area contributed by atoms with Gasteiger partial charge in [-0.1, -0.05) is 12.1 Å². The molecule has 2 aromatic heterocycles. The highest BCUT2D eigenvalue weighted by Gasteiger charge is 2.34. The predicted molar refractivity (Wildman–Crippen MR) is 107 cm³/mol. The average Bonchev–Trinajstić information content (AvgIpc) is 2.72. The number of hydrogen-bond donors (Lipinski definition) is 1. The van der Waals surface area contributed by atoms with Crippen LogP contribution >= 0.6 is 11.6 Å². The van der Waals surface area contributed by atoms with Crippen molar-refractivity contribution in [1.82, 2.24) is 15.0 Å². The highest BCUT2D eigenvalue weighted by molar-refractivity contribution is 6.28. The SMILES string of the molecule is N#Cc1ccc(Nc2nc(Cl)nc(Oc3cc(=O)oc4ccccc34)n2)cc1C(F)(F)F. The summed E-state index contributed by atoms with van der Waals surface area (Å²) in [6, 6.07) is 11.9. The van der Waals surface area contributed by atoms with Crippen molar-refractivity contribution in [3.8, 4) is 17.8 Å². The van der Waals surface area contributed by atoms with E-state index in [9.17, 15) is 18.0 Å². The zero-order valence-corrected chi connectivity index (χ0v) is 16.4. The molecule has 1 N–H and O–H groups in total. The Morgan fingerprint density at radius 1 is 1.09 bits per heavy atom. The van der Waals surface area contributed by atoms with E-state index in [4.69, 9.17) is 26.0 Å². The van der Waals surface area contributed by atoms with Gasteiger partial charge >= 0.3 is 17.8 Å². The van der Waals surface area contributed by atoms with E-state index in [-0.39, 0.29) is 34.3 Å². The fourth-order valence-corrected chi connectivity index (χ4v) is 2.93. The molecule has 0 amide bonds. The summed E-state index contributed by atoms with van der Waals surface area (Å²) in [5.74, 6) is -0.132. The number of halogens is 4. The van der Waals surface area contributed by atoms with Gasteiger partial charge in [0.25, 0.3) is 0 Å². The average molecular weight is 460 g/mol. The summed E-state index contributed by atoms with van der Waals surface area (Å²) < 4.78 is 50.2. The van der Waals surface area contributed by atoms with E-state index in [2.05, 4.69) is 20.3 Å². The minimum atomic E-state index is -4.73. The third kappa shape index (κ3) is 4.45. The van der Waals surface area contributed by atoms with Gasteiger partial charge < -0.3 is 14.5 Å². The molecule has 0 spiro atoms. The quantitative estimate of drug-likeness (QED) is 0.421. The molecule has 0 aliphatic heterocycles. The fourth-order valence-electron chi connectivity index (χ4n) is 2.78. The monoisotopic (exact) mass is 459 g/mol. The van der Waals surface area contributed by atoms with Gasteiger partial charge in [0.05, 0.1) is 28.6 Å². The molecular formula is C20H9ClF3N5O3. The normalized spacial score (nSPS) is 11.2. The van der Waals surface area contributed by atoms with Crippen LogP contribution in [-0.2, 0) is 6.18 Å². The lowest BCUT2D eigenvalue weighted by atomic mass is 10.1. The maximum atomic E-state index is 13.2. The summed E-state index contributed by atoms with van der Waals surface area (Å²) >= 11 is 5.90. The van der Waals surface area contributed by atoms with Crippen molar-refractivity contribution >= 4 is 34.2 Å². The Kier molecular flexibility index (Phi) is 5.38. The van der Waals surface area contributed by atoms with E-state index in [1.165, 1.54) is 12.1 Å². The molecule has 2 aromatic carbocycles. The van der Waals surface area contributed by atoms with E-state index in [1.54, 1.807) is 24.3 Å². The molecule has 0 bridgehead atoms. The van der Waals surface area contributed by atoms with Crippen molar-refractivity contribution in [2.24, 2.45) is 0 Å². The van der Waals surface area contributed by atoms with Crippen molar-refractivity contribution in [1.29, 1.82) is 5.26 Å². The Bertz CT molecular complexity index is 1430. The molecule has 0 fully saturated rings. The van der Waals surface area contributed by atoms with Gasteiger partial charge in [0, 0.05) is 5.69 Å². The van der Waals surface area contributed by atoms with Gasteiger partial charge in [0.15, 0.2) is 0 Å². The molecule has 4 rings (SSSR count). The number of alkyl halides is 3. The number of nitrogens with one attached hydrogen (secondary N) is 1. The number of nitrogens with zero attached hydrogens (tertiary/aromatic N) is 4. The second-order valence-electron chi connectivity index (χ2n) is 6.23. The number of rotatable bonds is 4. The van der Waals surface area contributed by atoms with E-state index >= 15 is 0 Å². The van der Waals surface area contributed by atoms with Crippen molar-refractivity contribution in [2.45, 2.75) is 6.18 Å². The van der Waals surface area contributed by atoms with Crippen molar-refractivity contribution in [2.75, 3.05) is 5.32 Å². The third-order valence-electron chi connectivity index (χ3n) is 4.10. The number of fused-ring (bicyclic) bond motifs is 1. The summed E-state index contributed by atoms with van der Waals surface area (Å²) in [7, 11) is 0. The minimum Gasteiger partial charge on any atom is -0.423 e. The topological polar surface area (TPSA) is 114 Å². The first kappa shape index (κ1) is 21.1. The van der Waals surface area contributed by atoms with Gasteiger partial charge in [-0.25, -0.2) is 4.79 Å². The summed E-state index contributed by atoms with van der Waals surface area (Å²) in [6.07, 6.45) is -4.73. The maximum absolute atomic E-state index is 13.2. The molecule has 0 radical (unpaired) electrons. The molecule has 4 aromatic rings. The first-order chi connectivity index (χ1) is 15.2. The maximum Gasteiger partial charge on any atom is 0.417 e. The van der Waals surface area contributed by atoms with Gasteiger partial charge in [-0.3, -0.25) is 0 Å². The lowest BCUT2D eigenvalue weighted by Gasteiger charge is -2.12. The Morgan fingerprint density at radius 3 is 2.62 bits per heavy atom. The van der Waals surface area contributed by atoms with Crippen LogP contribution in [-0.4, -0.2) is 15.0 Å². The molecule has 0 atom stereocenters. The largest absolute Gasteiger partial charge is 0.423 e. The Hall–Kier alpha value is -4.17. The number of para-hydroxylation sites is 1.